The number of aryl methyl sites for hydroxylation is 1. The summed E-state index contributed by atoms with van der Waals surface area (Å²) in [6.07, 6.45) is 6.18. The van der Waals surface area contributed by atoms with Crippen molar-refractivity contribution in [2.45, 2.75) is 44.6 Å². The minimum atomic E-state index is -1.13. The van der Waals surface area contributed by atoms with Gasteiger partial charge in [-0.05, 0) is 73.4 Å². The molecule has 1 aliphatic heterocycles. The standard InChI is InChI=1S/C28H23NO5/c1-15-6-11-25(34-15)29-23-5-3-2-4-18(23)20-12-16(7-10-24(20)29)13-22-26(30)19-9-8-17(28(32)33)14-21(19)27(22)31/h6-14,18,23H,2-5H2,1H3,(H,32,33). The summed E-state index contributed by atoms with van der Waals surface area (Å²) in [6.45, 7) is 1.95. The number of rotatable bonds is 3. The van der Waals surface area contributed by atoms with E-state index in [0.717, 1.165) is 35.7 Å². The van der Waals surface area contributed by atoms with E-state index in [1.807, 2.05) is 25.1 Å². The highest BCUT2D eigenvalue weighted by atomic mass is 16.4. The maximum atomic E-state index is 13.0. The van der Waals surface area contributed by atoms with Gasteiger partial charge in [-0.1, -0.05) is 18.9 Å². The first kappa shape index (κ1) is 20.7. The van der Waals surface area contributed by atoms with Crippen LogP contribution >= 0.6 is 0 Å². The summed E-state index contributed by atoms with van der Waals surface area (Å²) >= 11 is 0. The third-order valence-corrected chi connectivity index (χ3v) is 7.29. The molecule has 0 bridgehead atoms. The largest absolute Gasteiger partial charge is 0.478 e. The van der Waals surface area contributed by atoms with Crippen molar-refractivity contribution in [1.29, 1.82) is 0 Å². The van der Waals surface area contributed by atoms with Crippen LogP contribution in [-0.2, 0) is 0 Å². The van der Waals surface area contributed by atoms with Gasteiger partial charge in [0.15, 0.2) is 17.5 Å². The molecule has 2 aliphatic carbocycles. The number of anilines is 2. The van der Waals surface area contributed by atoms with Crippen molar-refractivity contribution in [2.75, 3.05) is 4.90 Å². The van der Waals surface area contributed by atoms with Gasteiger partial charge in [-0.3, -0.25) is 9.59 Å². The first-order valence-corrected chi connectivity index (χ1v) is 11.6. The van der Waals surface area contributed by atoms with Crippen molar-refractivity contribution >= 4 is 35.2 Å². The molecule has 0 saturated heterocycles. The number of hydrogen-bond acceptors (Lipinski definition) is 5. The fraction of sp³-hybridized carbons (Fsp3) is 0.250. The number of Topliss-reactive ketones (excluding diaryl/α,β-unsaturated/α-hetero) is 2. The van der Waals surface area contributed by atoms with E-state index in [2.05, 4.69) is 17.0 Å². The summed E-state index contributed by atoms with van der Waals surface area (Å²) < 4.78 is 5.98. The molecule has 3 aliphatic rings. The summed E-state index contributed by atoms with van der Waals surface area (Å²) in [7, 11) is 0. The number of carboxylic acids is 1. The van der Waals surface area contributed by atoms with E-state index in [1.165, 1.54) is 36.6 Å². The monoisotopic (exact) mass is 453 g/mol. The van der Waals surface area contributed by atoms with Gasteiger partial charge in [-0.15, -0.1) is 0 Å². The molecule has 6 rings (SSSR count). The lowest BCUT2D eigenvalue weighted by Gasteiger charge is -2.31. The van der Waals surface area contributed by atoms with Crippen LogP contribution in [0.3, 0.4) is 0 Å². The van der Waals surface area contributed by atoms with E-state index in [0.29, 0.717) is 12.0 Å². The van der Waals surface area contributed by atoms with E-state index in [4.69, 9.17) is 4.42 Å². The van der Waals surface area contributed by atoms with Gasteiger partial charge in [0.05, 0.1) is 11.1 Å². The molecule has 2 heterocycles. The van der Waals surface area contributed by atoms with Crippen molar-refractivity contribution in [1.82, 2.24) is 0 Å². The second kappa shape index (κ2) is 7.55. The molecule has 0 spiro atoms. The molecule has 0 radical (unpaired) electrons. The summed E-state index contributed by atoms with van der Waals surface area (Å²) in [5, 5.41) is 9.24. The Bertz CT molecular complexity index is 1410. The number of ketones is 2. The molecule has 3 aromatic rings. The van der Waals surface area contributed by atoms with E-state index >= 15 is 0 Å². The van der Waals surface area contributed by atoms with Crippen molar-refractivity contribution in [3.8, 4) is 0 Å². The number of furan rings is 1. The Morgan fingerprint density at radius 1 is 1.00 bits per heavy atom. The number of fused-ring (bicyclic) bond motifs is 4. The number of carbonyl (C=O) groups is 3. The molecule has 1 saturated carbocycles. The molecule has 2 unspecified atom stereocenters. The highest BCUT2D eigenvalue weighted by Crippen LogP contribution is 2.51. The van der Waals surface area contributed by atoms with E-state index < -0.39 is 11.8 Å². The van der Waals surface area contributed by atoms with Crippen LogP contribution in [0.5, 0.6) is 0 Å². The van der Waals surface area contributed by atoms with Crippen molar-refractivity contribution in [2.24, 2.45) is 0 Å². The molecule has 2 atom stereocenters. The molecule has 170 valence electrons. The number of hydrogen-bond donors (Lipinski definition) is 1. The SMILES string of the molecule is Cc1ccc(N2c3ccc(C=C4C(=O)c5ccc(C(=O)O)cc5C4=O)cc3C3CCCCC32)o1. The highest BCUT2D eigenvalue weighted by molar-refractivity contribution is 6.41. The first-order valence-electron chi connectivity index (χ1n) is 11.6. The third kappa shape index (κ3) is 3.05. The molecule has 0 amide bonds. The summed E-state index contributed by atoms with van der Waals surface area (Å²) in [6, 6.07) is 14.5. The second-order valence-corrected chi connectivity index (χ2v) is 9.31. The summed E-state index contributed by atoms with van der Waals surface area (Å²) in [5.41, 5.74) is 3.62. The molecule has 1 aromatic heterocycles. The van der Waals surface area contributed by atoms with Crippen LogP contribution in [0.25, 0.3) is 6.08 Å². The minimum Gasteiger partial charge on any atom is -0.478 e. The van der Waals surface area contributed by atoms with Crippen molar-refractivity contribution < 1.29 is 23.9 Å². The van der Waals surface area contributed by atoms with Crippen molar-refractivity contribution in [3.05, 3.63) is 87.7 Å². The van der Waals surface area contributed by atoms with E-state index in [9.17, 15) is 19.5 Å². The molecular formula is C28H23NO5. The van der Waals surface area contributed by atoms with Gasteiger partial charge in [0, 0.05) is 34.8 Å². The van der Waals surface area contributed by atoms with Crippen molar-refractivity contribution in [3.63, 3.8) is 0 Å². The van der Waals surface area contributed by atoms with Crippen LogP contribution in [0, 0.1) is 6.92 Å². The lowest BCUT2D eigenvalue weighted by Crippen LogP contribution is -2.32. The summed E-state index contributed by atoms with van der Waals surface area (Å²) in [5.74, 6) is 0.189. The van der Waals surface area contributed by atoms with Crippen LogP contribution < -0.4 is 4.90 Å². The van der Waals surface area contributed by atoms with Gasteiger partial charge in [-0.2, -0.15) is 0 Å². The Morgan fingerprint density at radius 2 is 1.79 bits per heavy atom. The molecule has 1 fully saturated rings. The van der Waals surface area contributed by atoms with Crippen LogP contribution in [0.2, 0.25) is 0 Å². The van der Waals surface area contributed by atoms with Gasteiger partial charge in [0.1, 0.15) is 5.76 Å². The predicted molar refractivity (Wildman–Crippen MR) is 127 cm³/mol. The quantitative estimate of drug-likeness (QED) is 0.391. The fourth-order valence-electron chi connectivity index (χ4n) is 5.73. The predicted octanol–water partition coefficient (Wildman–Crippen LogP) is 5.93. The second-order valence-electron chi connectivity index (χ2n) is 9.31. The zero-order valence-electron chi connectivity index (χ0n) is 18.7. The molecule has 6 nitrogen and oxygen atoms in total. The topological polar surface area (TPSA) is 87.8 Å². The van der Waals surface area contributed by atoms with Crippen LogP contribution in [0.1, 0.15) is 79.6 Å². The van der Waals surface area contributed by atoms with Crippen LogP contribution in [0.15, 0.2) is 58.5 Å². The molecule has 34 heavy (non-hydrogen) atoms. The average Bonchev–Trinajstić information content (AvgIpc) is 3.47. The van der Waals surface area contributed by atoms with Gasteiger partial charge >= 0.3 is 5.97 Å². The fourth-order valence-corrected chi connectivity index (χ4v) is 5.73. The molecular weight excluding hydrogens is 430 g/mol. The minimum absolute atomic E-state index is 0.00437. The summed E-state index contributed by atoms with van der Waals surface area (Å²) in [4.78, 5) is 39.5. The smallest absolute Gasteiger partial charge is 0.335 e. The first-order chi connectivity index (χ1) is 16.4. The molecule has 6 heteroatoms. The lowest BCUT2D eigenvalue weighted by atomic mass is 9.82. The number of benzene rings is 2. The Kier molecular flexibility index (Phi) is 4.59. The lowest BCUT2D eigenvalue weighted by molar-refractivity contribution is 0.0696. The maximum Gasteiger partial charge on any atom is 0.335 e. The number of nitrogens with zero attached hydrogens (tertiary/aromatic N) is 1. The van der Waals surface area contributed by atoms with Crippen LogP contribution in [-0.4, -0.2) is 28.7 Å². The Labute approximate surface area is 196 Å². The Hall–Kier alpha value is -3.93. The Morgan fingerprint density at radius 3 is 2.56 bits per heavy atom. The zero-order chi connectivity index (χ0) is 23.6. The average molecular weight is 453 g/mol. The molecule has 1 N–H and O–H groups in total. The number of allylic oxidation sites excluding steroid dienone is 1. The van der Waals surface area contributed by atoms with Gasteiger partial charge in [-0.25, -0.2) is 4.79 Å². The number of aromatic carboxylic acids is 1. The van der Waals surface area contributed by atoms with Gasteiger partial charge in [0.2, 0.25) is 0 Å². The maximum absolute atomic E-state index is 13.0. The van der Waals surface area contributed by atoms with Gasteiger partial charge < -0.3 is 14.4 Å². The third-order valence-electron chi connectivity index (χ3n) is 7.29. The molecule has 2 aromatic carbocycles. The normalized spacial score (nSPS) is 22.1. The zero-order valence-corrected chi connectivity index (χ0v) is 18.7. The van der Waals surface area contributed by atoms with E-state index in [1.54, 1.807) is 6.08 Å². The Balaban J connectivity index is 1.40. The van der Waals surface area contributed by atoms with E-state index in [-0.39, 0.29) is 28.0 Å². The number of carboxylic acid groups (broad SMARTS) is 1. The highest BCUT2D eigenvalue weighted by Gasteiger charge is 2.42. The van der Waals surface area contributed by atoms with Gasteiger partial charge in [0.25, 0.3) is 0 Å². The van der Waals surface area contributed by atoms with Crippen LogP contribution in [0.4, 0.5) is 11.6 Å². The number of carbonyl (C=O) groups excluding carboxylic acids is 2.